The first-order valence-electron chi connectivity index (χ1n) is 14.7. The number of carbonyl (C=O) groups excluding carboxylic acids is 2. The van der Waals surface area contributed by atoms with Crippen molar-refractivity contribution in [1.82, 2.24) is 10.2 Å². The molecule has 0 radical (unpaired) electrons. The molecule has 0 aliphatic heterocycles. The van der Waals surface area contributed by atoms with Crippen LogP contribution in [0.1, 0.15) is 35.6 Å². The maximum atomic E-state index is 14.5. The second-order valence-corrected chi connectivity index (χ2v) is 13.6. The van der Waals surface area contributed by atoms with Crippen LogP contribution in [-0.2, 0) is 32.6 Å². The van der Waals surface area contributed by atoms with Crippen molar-refractivity contribution in [2.75, 3.05) is 17.4 Å². The van der Waals surface area contributed by atoms with E-state index in [0.717, 1.165) is 26.6 Å². The predicted octanol–water partition coefficient (Wildman–Crippen LogP) is 6.97. The van der Waals surface area contributed by atoms with Gasteiger partial charge in [-0.1, -0.05) is 108 Å². The highest BCUT2D eigenvalue weighted by molar-refractivity contribution is 7.92. The van der Waals surface area contributed by atoms with Gasteiger partial charge in [-0.2, -0.15) is 0 Å². The Labute approximate surface area is 275 Å². The molecule has 0 heterocycles. The van der Waals surface area contributed by atoms with Crippen molar-refractivity contribution in [1.29, 1.82) is 0 Å². The highest BCUT2D eigenvalue weighted by Crippen LogP contribution is 2.33. The second kappa shape index (κ2) is 15.4. The molecule has 1 unspecified atom stereocenters. The zero-order valence-corrected chi connectivity index (χ0v) is 27.9. The van der Waals surface area contributed by atoms with Crippen molar-refractivity contribution in [3.8, 4) is 0 Å². The zero-order valence-electron chi connectivity index (χ0n) is 25.5. The first-order valence-corrected chi connectivity index (χ1v) is 16.9. The minimum absolute atomic E-state index is 0.0105. The Bertz CT molecular complexity index is 1730. The molecule has 2 amide bonds. The van der Waals surface area contributed by atoms with Gasteiger partial charge in [-0.05, 0) is 61.7 Å². The number of carbonyl (C=O) groups is 2. The van der Waals surface area contributed by atoms with Gasteiger partial charge in [0.05, 0.1) is 15.6 Å². The summed E-state index contributed by atoms with van der Waals surface area (Å²) in [5.74, 6) is -0.897. The van der Waals surface area contributed by atoms with Crippen LogP contribution in [0.3, 0.4) is 0 Å². The SMILES string of the molecule is CCCNC(=O)C(Cc1ccccc1)N(Cc1cccc(C)c1)C(=O)CN(c1cc(Cl)ccc1Cl)S(=O)(=O)c1ccc(C)cc1. The molecule has 0 aliphatic carbocycles. The summed E-state index contributed by atoms with van der Waals surface area (Å²) in [4.78, 5) is 29.7. The molecule has 0 aromatic heterocycles. The van der Waals surface area contributed by atoms with E-state index in [1.807, 2.05) is 75.4 Å². The molecule has 1 atom stereocenters. The Balaban J connectivity index is 1.83. The Kier molecular flexibility index (Phi) is 11.7. The van der Waals surface area contributed by atoms with Gasteiger partial charge in [-0.15, -0.1) is 0 Å². The molecule has 45 heavy (non-hydrogen) atoms. The first-order chi connectivity index (χ1) is 21.5. The summed E-state index contributed by atoms with van der Waals surface area (Å²) in [7, 11) is -4.30. The van der Waals surface area contributed by atoms with Crippen LogP contribution in [0.2, 0.25) is 10.0 Å². The standard InChI is InChI=1S/C35H37Cl2N3O4S/c1-4-19-38-35(42)33(21-27-10-6-5-7-11-27)39(23-28-12-8-9-26(3)20-28)34(41)24-40(32-22-29(36)15-18-31(32)37)45(43,44)30-16-13-25(2)14-17-30/h5-18,20,22,33H,4,19,21,23-24H2,1-3H3,(H,38,42). The molecule has 0 fully saturated rings. The lowest BCUT2D eigenvalue weighted by Gasteiger charge is -2.34. The first kappa shape index (κ1) is 34.0. The molecule has 4 aromatic rings. The average molecular weight is 667 g/mol. The highest BCUT2D eigenvalue weighted by atomic mass is 35.5. The highest BCUT2D eigenvalue weighted by Gasteiger charge is 2.35. The minimum Gasteiger partial charge on any atom is -0.354 e. The molecule has 0 saturated carbocycles. The summed E-state index contributed by atoms with van der Waals surface area (Å²) in [5.41, 5.74) is 3.59. The molecule has 7 nitrogen and oxygen atoms in total. The van der Waals surface area contributed by atoms with Crippen molar-refractivity contribution >= 4 is 50.7 Å². The van der Waals surface area contributed by atoms with Gasteiger partial charge in [0, 0.05) is 24.5 Å². The Hall–Kier alpha value is -3.85. The number of sulfonamides is 1. The topological polar surface area (TPSA) is 86.8 Å². The largest absolute Gasteiger partial charge is 0.354 e. The summed E-state index contributed by atoms with van der Waals surface area (Å²) in [6, 6.07) is 27.0. The lowest BCUT2D eigenvalue weighted by Crippen LogP contribution is -2.53. The van der Waals surface area contributed by atoms with Crippen molar-refractivity contribution in [3.63, 3.8) is 0 Å². The molecule has 0 spiro atoms. The number of amides is 2. The van der Waals surface area contributed by atoms with Gasteiger partial charge in [0.15, 0.2) is 0 Å². The molecule has 4 aromatic carbocycles. The van der Waals surface area contributed by atoms with Gasteiger partial charge in [0.25, 0.3) is 10.0 Å². The third-order valence-corrected chi connectivity index (χ3v) is 9.65. The quantitative estimate of drug-likeness (QED) is 0.167. The van der Waals surface area contributed by atoms with Crippen LogP contribution in [0.25, 0.3) is 0 Å². The Morgan fingerprint density at radius 2 is 1.51 bits per heavy atom. The van der Waals surface area contributed by atoms with Gasteiger partial charge in [0.1, 0.15) is 12.6 Å². The van der Waals surface area contributed by atoms with E-state index in [1.165, 1.54) is 29.2 Å². The van der Waals surface area contributed by atoms with Crippen molar-refractivity contribution in [3.05, 3.63) is 129 Å². The number of aryl methyl sites for hydroxylation is 2. The van der Waals surface area contributed by atoms with Gasteiger partial charge >= 0.3 is 0 Å². The number of rotatable bonds is 13. The summed E-state index contributed by atoms with van der Waals surface area (Å²) >= 11 is 12.8. The fourth-order valence-electron chi connectivity index (χ4n) is 4.95. The van der Waals surface area contributed by atoms with E-state index < -0.39 is 28.5 Å². The van der Waals surface area contributed by atoms with Crippen LogP contribution >= 0.6 is 23.2 Å². The monoisotopic (exact) mass is 665 g/mol. The maximum absolute atomic E-state index is 14.5. The van der Waals surface area contributed by atoms with E-state index >= 15 is 0 Å². The lowest BCUT2D eigenvalue weighted by molar-refractivity contribution is -0.140. The molecular weight excluding hydrogens is 629 g/mol. The number of halogens is 2. The normalized spacial score (nSPS) is 11.9. The van der Waals surface area contributed by atoms with E-state index in [4.69, 9.17) is 23.2 Å². The zero-order chi connectivity index (χ0) is 32.6. The van der Waals surface area contributed by atoms with E-state index in [9.17, 15) is 18.0 Å². The fraction of sp³-hybridized carbons (Fsp3) is 0.257. The molecule has 0 aliphatic rings. The second-order valence-electron chi connectivity index (χ2n) is 10.9. The summed E-state index contributed by atoms with van der Waals surface area (Å²) in [6.07, 6.45) is 0.946. The molecule has 0 saturated heterocycles. The van der Waals surface area contributed by atoms with Crippen LogP contribution in [0.4, 0.5) is 5.69 Å². The van der Waals surface area contributed by atoms with Crippen LogP contribution < -0.4 is 9.62 Å². The Morgan fingerprint density at radius 3 is 2.18 bits per heavy atom. The third-order valence-electron chi connectivity index (χ3n) is 7.32. The number of nitrogens with zero attached hydrogens (tertiary/aromatic N) is 2. The van der Waals surface area contributed by atoms with Gasteiger partial charge in [0.2, 0.25) is 11.8 Å². The van der Waals surface area contributed by atoms with Gasteiger partial charge in [-0.3, -0.25) is 13.9 Å². The van der Waals surface area contributed by atoms with Crippen LogP contribution in [0.15, 0.2) is 102 Å². The number of hydrogen-bond donors (Lipinski definition) is 1. The molecule has 4 rings (SSSR count). The number of benzene rings is 4. The summed E-state index contributed by atoms with van der Waals surface area (Å²) in [5, 5.41) is 3.30. The number of nitrogens with one attached hydrogen (secondary N) is 1. The third kappa shape index (κ3) is 8.87. The van der Waals surface area contributed by atoms with E-state index in [0.29, 0.717) is 13.0 Å². The molecule has 0 bridgehead atoms. The summed E-state index contributed by atoms with van der Waals surface area (Å²) in [6.45, 7) is 5.65. The average Bonchev–Trinajstić information content (AvgIpc) is 3.02. The maximum Gasteiger partial charge on any atom is 0.264 e. The minimum atomic E-state index is -4.30. The number of hydrogen-bond acceptors (Lipinski definition) is 4. The van der Waals surface area contributed by atoms with Crippen LogP contribution in [-0.4, -0.2) is 44.3 Å². The number of anilines is 1. The summed E-state index contributed by atoms with van der Waals surface area (Å²) < 4.78 is 29.3. The van der Waals surface area contributed by atoms with E-state index in [-0.39, 0.29) is 39.5 Å². The van der Waals surface area contributed by atoms with Crippen molar-refractivity contribution < 1.29 is 18.0 Å². The van der Waals surface area contributed by atoms with Crippen LogP contribution in [0.5, 0.6) is 0 Å². The fourth-order valence-corrected chi connectivity index (χ4v) is 6.82. The molecule has 236 valence electrons. The van der Waals surface area contributed by atoms with Crippen molar-refractivity contribution in [2.45, 2.75) is 51.1 Å². The van der Waals surface area contributed by atoms with Gasteiger partial charge < -0.3 is 10.2 Å². The van der Waals surface area contributed by atoms with Crippen LogP contribution in [0, 0.1) is 13.8 Å². The lowest BCUT2D eigenvalue weighted by atomic mass is 10.0. The predicted molar refractivity (Wildman–Crippen MR) is 181 cm³/mol. The molecule has 10 heteroatoms. The van der Waals surface area contributed by atoms with E-state index in [2.05, 4.69) is 5.32 Å². The Morgan fingerprint density at radius 1 is 0.822 bits per heavy atom. The van der Waals surface area contributed by atoms with Gasteiger partial charge in [-0.25, -0.2) is 8.42 Å². The smallest absolute Gasteiger partial charge is 0.264 e. The molecular formula is C35H37Cl2N3O4S. The molecule has 1 N–H and O–H groups in total. The van der Waals surface area contributed by atoms with E-state index in [1.54, 1.807) is 18.2 Å². The van der Waals surface area contributed by atoms with Crippen molar-refractivity contribution in [2.24, 2.45) is 0 Å².